The van der Waals surface area contributed by atoms with E-state index in [0.717, 1.165) is 5.56 Å². The Balaban J connectivity index is 1.77. The van der Waals surface area contributed by atoms with Crippen molar-refractivity contribution < 1.29 is 9.90 Å². The molecule has 0 saturated heterocycles. The van der Waals surface area contributed by atoms with Crippen molar-refractivity contribution in [2.75, 3.05) is 23.3 Å². The molecule has 0 radical (unpaired) electrons. The summed E-state index contributed by atoms with van der Waals surface area (Å²) in [5.41, 5.74) is 1.02. The van der Waals surface area contributed by atoms with Crippen LogP contribution in [-0.2, 0) is 11.2 Å². The SMILES string of the molecule is CCN(CC)c1c(N[C@@H](Cc2ccc(C#Cc3c(Cl)cccc3Cl)cc2)C(=O)O)c(=O)c1=O. The van der Waals surface area contributed by atoms with Gasteiger partial charge in [0.05, 0.1) is 15.6 Å². The van der Waals surface area contributed by atoms with E-state index >= 15 is 0 Å². The van der Waals surface area contributed by atoms with Crippen molar-refractivity contribution in [1.82, 2.24) is 0 Å². The van der Waals surface area contributed by atoms with Crippen molar-refractivity contribution in [1.29, 1.82) is 0 Å². The number of aliphatic carboxylic acids is 1. The minimum Gasteiger partial charge on any atom is -0.480 e. The van der Waals surface area contributed by atoms with E-state index in [4.69, 9.17) is 23.2 Å². The van der Waals surface area contributed by atoms with Gasteiger partial charge in [-0.25, -0.2) is 4.79 Å². The summed E-state index contributed by atoms with van der Waals surface area (Å²) in [6.45, 7) is 4.80. The molecule has 0 aliphatic heterocycles. The highest BCUT2D eigenvalue weighted by Crippen LogP contribution is 2.23. The molecule has 0 aliphatic rings. The standard InChI is InChI=1S/C25H22Cl2N2O4/c1-3-29(4-2)22-21(23(30)24(22)31)28-20(25(32)33)14-16-10-8-15(9-11-16)12-13-17-18(26)6-5-7-19(17)27/h5-11,20,28H,3-4,14H2,1-2H3,(H,32,33)/t20-/m0/s1. The average molecular weight is 485 g/mol. The third-order valence-electron chi connectivity index (χ3n) is 5.27. The lowest BCUT2D eigenvalue weighted by molar-refractivity contribution is -0.137. The molecule has 3 aromatic rings. The number of nitrogens with one attached hydrogen (secondary N) is 1. The van der Waals surface area contributed by atoms with Gasteiger partial charge in [-0.2, -0.15) is 0 Å². The van der Waals surface area contributed by atoms with E-state index in [1.54, 1.807) is 47.4 Å². The topological polar surface area (TPSA) is 86.7 Å². The van der Waals surface area contributed by atoms with Crippen LogP contribution >= 0.6 is 23.2 Å². The van der Waals surface area contributed by atoms with E-state index in [1.807, 2.05) is 13.8 Å². The Morgan fingerprint density at radius 1 is 1.00 bits per heavy atom. The molecule has 0 bridgehead atoms. The zero-order chi connectivity index (χ0) is 24.1. The zero-order valence-electron chi connectivity index (χ0n) is 18.1. The summed E-state index contributed by atoms with van der Waals surface area (Å²) in [6.07, 6.45) is 0.121. The van der Waals surface area contributed by atoms with Gasteiger partial charge < -0.3 is 15.3 Å². The van der Waals surface area contributed by atoms with Crippen molar-refractivity contribution in [2.45, 2.75) is 26.3 Å². The Labute approximate surface area is 201 Å². The molecule has 0 heterocycles. The van der Waals surface area contributed by atoms with E-state index < -0.39 is 22.9 Å². The summed E-state index contributed by atoms with van der Waals surface area (Å²) in [7, 11) is 0. The number of hydrogen-bond acceptors (Lipinski definition) is 5. The minimum atomic E-state index is -1.12. The Hall–Kier alpha value is -3.27. The van der Waals surface area contributed by atoms with E-state index in [2.05, 4.69) is 17.2 Å². The van der Waals surface area contributed by atoms with Crippen LogP contribution < -0.4 is 21.1 Å². The highest BCUT2D eigenvalue weighted by Gasteiger charge is 2.28. The molecular weight excluding hydrogens is 463 g/mol. The number of benzene rings is 2. The molecule has 2 N–H and O–H groups in total. The van der Waals surface area contributed by atoms with Crippen LogP contribution in [0.5, 0.6) is 0 Å². The average Bonchev–Trinajstić information content (AvgIpc) is 2.80. The van der Waals surface area contributed by atoms with Crippen LogP contribution in [0, 0.1) is 11.8 Å². The molecule has 3 rings (SSSR count). The van der Waals surface area contributed by atoms with E-state index in [1.165, 1.54) is 0 Å². The van der Waals surface area contributed by atoms with Crippen molar-refractivity contribution >= 4 is 40.5 Å². The van der Waals surface area contributed by atoms with Gasteiger partial charge >= 0.3 is 5.97 Å². The van der Waals surface area contributed by atoms with Gasteiger partial charge in [-0.15, -0.1) is 0 Å². The predicted molar refractivity (Wildman–Crippen MR) is 133 cm³/mol. The summed E-state index contributed by atoms with van der Waals surface area (Å²) in [5, 5.41) is 13.4. The molecule has 0 saturated carbocycles. The number of hydrogen-bond donors (Lipinski definition) is 2. The molecule has 0 spiro atoms. The summed E-state index contributed by atoms with van der Waals surface area (Å²) < 4.78 is 0. The molecule has 8 heteroatoms. The van der Waals surface area contributed by atoms with Crippen LogP contribution in [0.1, 0.15) is 30.5 Å². The summed E-state index contributed by atoms with van der Waals surface area (Å²) in [4.78, 5) is 37.7. The second kappa shape index (κ2) is 10.6. The maximum atomic E-state index is 12.1. The first-order valence-corrected chi connectivity index (χ1v) is 11.1. The highest BCUT2D eigenvalue weighted by atomic mass is 35.5. The van der Waals surface area contributed by atoms with Crippen molar-refractivity contribution in [3.8, 4) is 11.8 Å². The van der Waals surface area contributed by atoms with Gasteiger partial charge in [0.15, 0.2) is 0 Å². The lowest BCUT2D eigenvalue weighted by Crippen LogP contribution is -2.45. The first-order valence-electron chi connectivity index (χ1n) is 10.4. The van der Waals surface area contributed by atoms with Gasteiger partial charge in [0.25, 0.3) is 10.9 Å². The Morgan fingerprint density at radius 2 is 1.61 bits per heavy atom. The minimum absolute atomic E-state index is 0.0650. The molecule has 0 aromatic heterocycles. The molecule has 0 amide bonds. The third kappa shape index (κ3) is 5.39. The fourth-order valence-electron chi connectivity index (χ4n) is 3.44. The van der Waals surface area contributed by atoms with Crippen LogP contribution in [0.15, 0.2) is 52.1 Å². The number of carbonyl (C=O) groups is 1. The summed E-state index contributed by atoms with van der Waals surface area (Å²) in [6, 6.07) is 11.2. The maximum Gasteiger partial charge on any atom is 0.326 e. The monoisotopic (exact) mass is 484 g/mol. The number of halogens is 2. The highest BCUT2D eigenvalue weighted by molar-refractivity contribution is 6.36. The van der Waals surface area contributed by atoms with E-state index in [0.29, 0.717) is 34.3 Å². The van der Waals surface area contributed by atoms with Gasteiger partial charge in [-0.3, -0.25) is 9.59 Å². The molecule has 6 nitrogen and oxygen atoms in total. The van der Waals surface area contributed by atoms with Gasteiger partial charge in [-0.1, -0.05) is 53.2 Å². The second-order valence-electron chi connectivity index (χ2n) is 7.34. The Morgan fingerprint density at radius 3 is 2.15 bits per heavy atom. The number of anilines is 2. The van der Waals surface area contributed by atoms with E-state index in [-0.39, 0.29) is 17.8 Å². The smallest absolute Gasteiger partial charge is 0.326 e. The van der Waals surface area contributed by atoms with Gasteiger partial charge in [-0.05, 0) is 43.7 Å². The fourth-order valence-corrected chi connectivity index (χ4v) is 3.93. The quantitative estimate of drug-likeness (QED) is 0.371. The molecule has 170 valence electrons. The zero-order valence-corrected chi connectivity index (χ0v) is 19.6. The Bertz CT molecular complexity index is 1270. The van der Waals surface area contributed by atoms with Crippen LogP contribution in [0.25, 0.3) is 0 Å². The summed E-state index contributed by atoms with van der Waals surface area (Å²) >= 11 is 12.3. The number of rotatable bonds is 8. The van der Waals surface area contributed by atoms with Gasteiger partial charge in [0.1, 0.15) is 17.4 Å². The third-order valence-corrected chi connectivity index (χ3v) is 5.90. The lowest BCUT2D eigenvalue weighted by atomic mass is 10.0. The second-order valence-corrected chi connectivity index (χ2v) is 8.15. The first-order chi connectivity index (χ1) is 15.8. The van der Waals surface area contributed by atoms with Crippen molar-refractivity contribution in [3.05, 3.63) is 89.6 Å². The molecule has 1 atom stereocenters. The van der Waals surface area contributed by atoms with Gasteiger partial charge in [0, 0.05) is 25.1 Å². The molecule has 0 unspecified atom stereocenters. The maximum absolute atomic E-state index is 12.1. The van der Waals surface area contributed by atoms with E-state index in [9.17, 15) is 19.5 Å². The number of carboxylic acids is 1. The molecule has 3 aromatic carbocycles. The molecular formula is C25H22Cl2N2O4. The molecule has 0 fully saturated rings. The Kier molecular flexibility index (Phi) is 7.80. The predicted octanol–water partition coefficient (Wildman–Crippen LogP) is 3.94. The van der Waals surface area contributed by atoms with Crippen molar-refractivity contribution in [2.24, 2.45) is 0 Å². The van der Waals surface area contributed by atoms with Crippen LogP contribution in [-0.4, -0.2) is 30.2 Å². The van der Waals surface area contributed by atoms with Crippen LogP contribution in [0.4, 0.5) is 11.4 Å². The number of carboxylic acid groups (broad SMARTS) is 1. The normalized spacial score (nSPS) is 11.5. The fraction of sp³-hybridized carbons (Fsp3) is 0.240. The van der Waals surface area contributed by atoms with Crippen molar-refractivity contribution in [3.63, 3.8) is 0 Å². The molecule has 33 heavy (non-hydrogen) atoms. The lowest BCUT2D eigenvalue weighted by Gasteiger charge is -2.26. The number of nitrogens with zero attached hydrogens (tertiary/aromatic N) is 1. The molecule has 0 aliphatic carbocycles. The van der Waals surface area contributed by atoms with Crippen LogP contribution in [0.2, 0.25) is 10.0 Å². The van der Waals surface area contributed by atoms with Crippen LogP contribution in [0.3, 0.4) is 0 Å². The summed E-state index contributed by atoms with van der Waals surface area (Å²) in [5.74, 6) is 4.82. The largest absolute Gasteiger partial charge is 0.480 e. The first kappa shape index (κ1) is 24.4. The van der Waals surface area contributed by atoms with Gasteiger partial charge in [0.2, 0.25) is 0 Å².